The summed E-state index contributed by atoms with van der Waals surface area (Å²) >= 11 is 1.14. The van der Waals surface area contributed by atoms with Gasteiger partial charge < -0.3 is 10.0 Å². The number of anilines is 1. The number of benzene rings is 2. The molecule has 0 atom stereocenters. The second kappa shape index (κ2) is 6.95. The molecule has 0 aliphatic carbocycles. The van der Waals surface area contributed by atoms with E-state index in [2.05, 4.69) is 10.0 Å². The Balaban J connectivity index is 2.21. The minimum absolute atomic E-state index is 0.106. The minimum Gasteiger partial charge on any atom is -0.355 e. The van der Waals surface area contributed by atoms with E-state index in [0.29, 0.717) is 4.90 Å². The highest BCUT2D eigenvalue weighted by molar-refractivity contribution is 8.00. The third-order valence-corrected chi connectivity index (χ3v) is 3.88. The van der Waals surface area contributed by atoms with Gasteiger partial charge in [0, 0.05) is 24.4 Å². The predicted molar refractivity (Wildman–Crippen MR) is 87.1 cm³/mol. The van der Waals surface area contributed by atoms with E-state index in [1.807, 2.05) is 31.2 Å². The first kappa shape index (κ1) is 15.8. The van der Waals surface area contributed by atoms with E-state index in [-0.39, 0.29) is 17.2 Å². The molecule has 0 aromatic heterocycles. The van der Waals surface area contributed by atoms with Crippen molar-refractivity contribution in [3.05, 3.63) is 63.7 Å². The summed E-state index contributed by atoms with van der Waals surface area (Å²) in [7, 11) is 1.48. The van der Waals surface area contributed by atoms with Crippen molar-refractivity contribution < 1.29 is 9.72 Å². The molecule has 7 heteroatoms. The Labute approximate surface area is 132 Å². The summed E-state index contributed by atoms with van der Waals surface area (Å²) in [5.41, 5.74) is 2.14. The van der Waals surface area contributed by atoms with E-state index in [4.69, 9.17) is 0 Å². The van der Waals surface area contributed by atoms with Gasteiger partial charge in [-0.05, 0) is 43.1 Å². The van der Waals surface area contributed by atoms with Gasteiger partial charge in [-0.1, -0.05) is 17.7 Å². The van der Waals surface area contributed by atoms with Gasteiger partial charge in [-0.3, -0.25) is 14.9 Å². The van der Waals surface area contributed by atoms with Crippen LogP contribution >= 0.6 is 11.9 Å². The molecule has 0 radical (unpaired) electrons. The molecule has 6 nitrogen and oxygen atoms in total. The number of carbonyl (C=O) groups is 1. The Kier molecular flexibility index (Phi) is 5.00. The lowest BCUT2D eigenvalue weighted by Crippen LogP contribution is -2.17. The van der Waals surface area contributed by atoms with E-state index in [9.17, 15) is 14.9 Å². The first-order valence-corrected chi connectivity index (χ1v) is 7.33. The van der Waals surface area contributed by atoms with Gasteiger partial charge in [0.05, 0.1) is 4.92 Å². The van der Waals surface area contributed by atoms with Gasteiger partial charge in [0.15, 0.2) is 0 Å². The van der Waals surface area contributed by atoms with Crippen LogP contribution in [0, 0.1) is 17.0 Å². The molecule has 0 bridgehead atoms. The van der Waals surface area contributed by atoms with Crippen molar-refractivity contribution in [3.8, 4) is 0 Å². The van der Waals surface area contributed by atoms with Crippen LogP contribution in [-0.2, 0) is 0 Å². The number of hydrogen-bond donors (Lipinski definition) is 2. The van der Waals surface area contributed by atoms with Gasteiger partial charge in [0.1, 0.15) is 4.90 Å². The fraction of sp³-hybridized carbons (Fsp3) is 0.133. The lowest BCUT2D eigenvalue weighted by atomic mass is 10.2. The average Bonchev–Trinajstić information content (AvgIpc) is 2.53. The molecule has 22 heavy (non-hydrogen) atoms. The highest BCUT2D eigenvalue weighted by Crippen LogP contribution is 2.31. The number of carbonyl (C=O) groups excluding carboxylic acids is 1. The summed E-state index contributed by atoms with van der Waals surface area (Å²) in [4.78, 5) is 22.7. The zero-order valence-corrected chi connectivity index (χ0v) is 12.9. The SMILES string of the molecule is CNC(=O)c1ccc(SNc2ccc(C)cc2)c([N+](=O)[O-])c1. The molecular formula is C15H15N3O3S. The monoisotopic (exact) mass is 317 g/mol. The molecule has 2 N–H and O–H groups in total. The first-order chi connectivity index (χ1) is 10.5. The molecule has 2 aromatic carbocycles. The lowest BCUT2D eigenvalue weighted by molar-refractivity contribution is -0.387. The van der Waals surface area contributed by atoms with Gasteiger partial charge in [0.25, 0.3) is 11.6 Å². The van der Waals surface area contributed by atoms with Crippen LogP contribution in [0.5, 0.6) is 0 Å². The molecule has 0 saturated heterocycles. The van der Waals surface area contributed by atoms with Crippen molar-refractivity contribution in [1.82, 2.24) is 5.32 Å². The summed E-state index contributed by atoms with van der Waals surface area (Å²) in [6, 6.07) is 12.1. The number of nitro benzene ring substituents is 1. The van der Waals surface area contributed by atoms with Gasteiger partial charge in [-0.2, -0.15) is 0 Å². The highest BCUT2D eigenvalue weighted by Gasteiger charge is 2.17. The quantitative estimate of drug-likeness (QED) is 0.502. The third-order valence-electron chi connectivity index (χ3n) is 2.98. The lowest BCUT2D eigenvalue weighted by Gasteiger charge is -2.07. The maximum atomic E-state index is 11.6. The summed E-state index contributed by atoms with van der Waals surface area (Å²) in [6.45, 7) is 1.99. The molecule has 0 saturated carbocycles. The summed E-state index contributed by atoms with van der Waals surface area (Å²) in [5, 5.41) is 13.6. The Morgan fingerprint density at radius 2 is 1.86 bits per heavy atom. The number of nitro groups is 1. The van der Waals surface area contributed by atoms with Gasteiger partial charge in [0.2, 0.25) is 0 Å². The molecule has 0 spiro atoms. The van der Waals surface area contributed by atoms with Crippen molar-refractivity contribution >= 4 is 29.2 Å². The Morgan fingerprint density at radius 1 is 1.18 bits per heavy atom. The molecule has 0 aliphatic heterocycles. The van der Waals surface area contributed by atoms with Crippen LogP contribution in [0.2, 0.25) is 0 Å². The summed E-state index contributed by atoms with van der Waals surface area (Å²) in [5.74, 6) is -0.355. The molecule has 0 unspecified atom stereocenters. The minimum atomic E-state index is -0.494. The van der Waals surface area contributed by atoms with Gasteiger partial charge in [-0.25, -0.2) is 0 Å². The first-order valence-electron chi connectivity index (χ1n) is 6.51. The van der Waals surface area contributed by atoms with Crippen LogP contribution in [0.1, 0.15) is 15.9 Å². The number of nitrogens with one attached hydrogen (secondary N) is 2. The maximum Gasteiger partial charge on any atom is 0.285 e. The fourth-order valence-corrected chi connectivity index (χ4v) is 2.51. The Hall–Kier alpha value is -2.54. The van der Waals surface area contributed by atoms with E-state index in [0.717, 1.165) is 23.2 Å². The summed E-state index contributed by atoms with van der Waals surface area (Å²) < 4.78 is 3.06. The molecule has 2 aromatic rings. The topological polar surface area (TPSA) is 84.3 Å². The number of nitrogens with zero attached hydrogens (tertiary/aromatic N) is 1. The van der Waals surface area contributed by atoms with Crippen LogP contribution in [0.4, 0.5) is 11.4 Å². The van der Waals surface area contributed by atoms with E-state index in [1.165, 1.54) is 13.1 Å². The molecule has 2 rings (SSSR count). The number of aryl methyl sites for hydroxylation is 1. The van der Waals surface area contributed by atoms with Crippen molar-refractivity contribution in [2.45, 2.75) is 11.8 Å². The van der Waals surface area contributed by atoms with Crippen molar-refractivity contribution in [2.75, 3.05) is 11.8 Å². The number of hydrogen-bond acceptors (Lipinski definition) is 5. The molecule has 114 valence electrons. The fourth-order valence-electron chi connectivity index (χ4n) is 1.77. The third kappa shape index (κ3) is 3.76. The van der Waals surface area contributed by atoms with Crippen LogP contribution in [0.15, 0.2) is 47.4 Å². The Bertz CT molecular complexity index is 702. The van der Waals surface area contributed by atoms with Crippen molar-refractivity contribution in [1.29, 1.82) is 0 Å². The van der Waals surface area contributed by atoms with E-state index >= 15 is 0 Å². The van der Waals surface area contributed by atoms with Crippen molar-refractivity contribution in [2.24, 2.45) is 0 Å². The predicted octanol–water partition coefficient (Wildman–Crippen LogP) is 3.38. The number of amides is 1. The standard InChI is InChI=1S/C15H15N3O3S/c1-10-3-6-12(7-4-10)17-22-14-8-5-11(15(19)16-2)9-13(14)18(20)21/h3-9,17H,1-2H3,(H,16,19). The normalized spacial score (nSPS) is 10.1. The molecule has 0 heterocycles. The summed E-state index contributed by atoms with van der Waals surface area (Å²) in [6.07, 6.45) is 0. The van der Waals surface area contributed by atoms with Crippen LogP contribution in [0.25, 0.3) is 0 Å². The molecule has 1 amide bonds. The zero-order chi connectivity index (χ0) is 16.1. The number of rotatable bonds is 5. The van der Waals surface area contributed by atoms with Crippen molar-refractivity contribution in [3.63, 3.8) is 0 Å². The largest absolute Gasteiger partial charge is 0.355 e. The van der Waals surface area contributed by atoms with Crippen LogP contribution in [-0.4, -0.2) is 17.9 Å². The van der Waals surface area contributed by atoms with E-state index in [1.54, 1.807) is 12.1 Å². The smallest absolute Gasteiger partial charge is 0.285 e. The van der Waals surface area contributed by atoms with E-state index < -0.39 is 4.92 Å². The van der Waals surface area contributed by atoms with Gasteiger partial charge in [-0.15, -0.1) is 0 Å². The molecule has 0 aliphatic rings. The van der Waals surface area contributed by atoms with Crippen LogP contribution in [0.3, 0.4) is 0 Å². The molecule has 0 fully saturated rings. The highest BCUT2D eigenvalue weighted by atomic mass is 32.2. The second-order valence-corrected chi connectivity index (χ2v) is 5.44. The maximum absolute atomic E-state index is 11.6. The van der Waals surface area contributed by atoms with Crippen LogP contribution < -0.4 is 10.0 Å². The Morgan fingerprint density at radius 3 is 2.45 bits per heavy atom. The van der Waals surface area contributed by atoms with Gasteiger partial charge >= 0.3 is 0 Å². The second-order valence-electron chi connectivity index (χ2n) is 4.59. The average molecular weight is 317 g/mol. The molecular weight excluding hydrogens is 302 g/mol. The zero-order valence-electron chi connectivity index (χ0n) is 12.1.